The number of hydrogen-bond acceptors (Lipinski definition) is 5. The summed E-state index contributed by atoms with van der Waals surface area (Å²) in [6.07, 6.45) is 4.48. The van der Waals surface area contributed by atoms with Crippen molar-refractivity contribution in [3.05, 3.63) is 28.8 Å². The molecule has 29 heavy (non-hydrogen) atoms. The lowest BCUT2D eigenvalue weighted by molar-refractivity contribution is -0.132. The van der Waals surface area contributed by atoms with Gasteiger partial charge in [0, 0.05) is 25.8 Å². The molecular formula is C21H27ClN4O3. The van der Waals surface area contributed by atoms with Gasteiger partial charge < -0.3 is 19.9 Å². The van der Waals surface area contributed by atoms with Gasteiger partial charge in [-0.25, -0.2) is 0 Å². The number of halogens is 1. The Bertz CT molecular complexity index is 796. The van der Waals surface area contributed by atoms with Gasteiger partial charge in [0.15, 0.2) is 0 Å². The molecule has 0 unspecified atom stereocenters. The van der Waals surface area contributed by atoms with Crippen molar-refractivity contribution in [3.8, 4) is 6.07 Å². The van der Waals surface area contributed by atoms with E-state index in [4.69, 9.17) is 16.3 Å². The monoisotopic (exact) mass is 418 g/mol. The minimum Gasteiger partial charge on any atom is -0.378 e. The number of carbonyl (C=O) groups excluding carboxylic acids is 2. The highest BCUT2D eigenvalue weighted by Crippen LogP contribution is 2.32. The van der Waals surface area contributed by atoms with Crippen molar-refractivity contribution in [1.29, 1.82) is 5.26 Å². The van der Waals surface area contributed by atoms with Crippen LogP contribution in [0.15, 0.2) is 18.2 Å². The second-order valence-electron chi connectivity index (χ2n) is 7.61. The molecule has 0 bridgehead atoms. The van der Waals surface area contributed by atoms with Crippen LogP contribution in [0.5, 0.6) is 0 Å². The standard InChI is InChI=1S/C21H27ClN4O3/c1-25(21(15-23)7-3-2-4-8-21)19(27)14-24-16-5-6-17(18(22)13-16)20(28)26-9-11-29-12-10-26/h5-6,13,24H,2-4,7-12,14H2,1H3. The topological polar surface area (TPSA) is 85.7 Å². The summed E-state index contributed by atoms with van der Waals surface area (Å²) in [5.41, 5.74) is 0.390. The number of nitrogens with zero attached hydrogens (tertiary/aromatic N) is 3. The highest BCUT2D eigenvalue weighted by molar-refractivity contribution is 6.34. The number of hydrogen-bond donors (Lipinski definition) is 1. The molecule has 156 valence electrons. The molecule has 1 aliphatic heterocycles. The van der Waals surface area contributed by atoms with Crippen LogP contribution in [0.2, 0.25) is 5.02 Å². The Morgan fingerprint density at radius 2 is 1.97 bits per heavy atom. The number of benzene rings is 1. The molecule has 7 nitrogen and oxygen atoms in total. The molecule has 3 rings (SSSR count). The molecule has 1 aromatic rings. The van der Waals surface area contributed by atoms with Gasteiger partial charge >= 0.3 is 0 Å². The van der Waals surface area contributed by atoms with Gasteiger partial charge in [-0.05, 0) is 31.0 Å². The molecule has 1 aromatic carbocycles. The predicted octanol–water partition coefficient (Wildman–Crippen LogP) is 2.91. The zero-order valence-electron chi connectivity index (χ0n) is 16.7. The average Bonchev–Trinajstić information content (AvgIpc) is 2.77. The van der Waals surface area contributed by atoms with E-state index in [0.29, 0.717) is 42.6 Å². The molecule has 0 atom stereocenters. The SMILES string of the molecule is CN(C(=O)CNc1ccc(C(=O)N2CCOCC2)c(Cl)c1)C1(C#N)CCCCC1. The number of anilines is 1. The van der Waals surface area contributed by atoms with Crippen LogP contribution in [0.4, 0.5) is 5.69 Å². The van der Waals surface area contributed by atoms with Crippen molar-refractivity contribution < 1.29 is 14.3 Å². The number of nitriles is 1. The van der Waals surface area contributed by atoms with E-state index in [-0.39, 0.29) is 18.4 Å². The molecule has 1 N–H and O–H groups in total. The third-order valence-corrected chi connectivity index (χ3v) is 6.16. The summed E-state index contributed by atoms with van der Waals surface area (Å²) in [7, 11) is 1.70. The van der Waals surface area contributed by atoms with Crippen molar-refractivity contribution in [3.63, 3.8) is 0 Å². The van der Waals surface area contributed by atoms with Crippen LogP contribution < -0.4 is 5.32 Å². The quantitative estimate of drug-likeness (QED) is 0.794. The second-order valence-corrected chi connectivity index (χ2v) is 8.02. The summed E-state index contributed by atoms with van der Waals surface area (Å²) in [5, 5.41) is 13.1. The average molecular weight is 419 g/mol. The van der Waals surface area contributed by atoms with Crippen molar-refractivity contribution in [2.45, 2.75) is 37.6 Å². The van der Waals surface area contributed by atoms with E-state index in [1.54, 1.807) is 35.0 Å². The molecule has 0 aromatic heterocycles. The molecule has 8 heteroatoms. The summed E-state index contributed by atoms with van der Waals surface area (Å²) >= 11 is 6.33. The Kier molecular flexibility index (Phi) is 6.99. The van der Waals surface area contributed by atoms with E-state index in [9.17, 15) is 14.9 Å². The molecule has 1 saturated carbocycles. The number of ether oxygens (including phenoxy) is 1. The number of rotatable bonds is 5. The van der Waals surface area contributed by atoms with Gasteiger partial charge in [-0.3, -0.25) is 9.59 Å². The summed E-state index contributed by atoms with van der Waals surface area (Å²) in [5.74, 6) is -0.257. The minimum absolute atomic E-state index is 0.0625. The van der Waals surface area contributed by atoms with Crippen LogP contribution in [0.3, 0.4) is 0 Å². The molecule has 1 aliphatic carbocycles. The maximum Gasteiger partial charge on any atom is 0.255 e. The van der Waals surface area contributed by atoms with E-state index >= 15 is 0 Å². The van der Waals surface area contributed by atoms with Gasteiger partial charge in [0.05, 0.1) is 36.4 Å². The van der Waals surface area contributed by atoms with Crippen LogP contribution >= 0.6 is 11.6 Å². The van der Waals surface area contributed by atoms with Crippen LogP contribution in [-0.4, -0.2) is 67.0 Å². The summed E-state index contributed by atoms with van der Waals surface area (Å²) in [6.45, 7) is 2.23. The maximum absolute atomic E-state index is 12.7. The Labute approximate surface area is 176 Å². The number of morpholine rings is 1. The van der Waals surface area contributed by atoms with Gasteiger partial charge in [-0.1, -0.05) is 30.9 Å². The van der Waals surface area contributed by atoms with Gasteiger partial charge in [-0.2, -0.15) is 5.26 Å². The Hall–Kier alpha value is -2.30. The lowest BCUT2D eigenvalue weighted by atomic mass is 9.81. The van der Waals surface area contributed by atoms with E-state index in [0.717, 1.165) is 32.1 Å². The third-order valence-electron chi connectivity index (χ3n) is 5.85. The van der Waals surface area contributed by atoms with E-state index in [2.05, 4.69) is 11.4 Å². The third kappa shape index (κ3) is 4.82. The molecule has 2 aliphatic rings. The number of amides is 2. The van der Waals surface area contributed by atoms with Gasteiger partial charge in [-0.15, -0.1) is 0 Å². The smallest absolute Gasteiger partial charge is 0.255 e. The van der Waals surface area contributed by atoms with Gasteiger partial charge in [0.1, 0.15) is 5.54 Å². The van der Waals surface area contributed by atoms with Gasteiger partial charge in [0.2, 0.25) is 5.91 Å². The number of likely N-dealkylation sites (N-methyl/N-ethyl adjacent to an activating group) is 1. The molecule has 2 amide bonds. The normalized spacial score (nSPS) is 18.6. The molecular weight excluding hydrogens is 392 g/mol. The fourth-order valence-electron chi connectivity index (χ4n) is 3.93. The number of carbonyl (C=O) groups is 2. The lowest BCUT2D eigenvalue weighted by Gasteiger charge is -2.39. The molecule has 2 fully saturated rings. The molecule has 1 saturated heterocycles. The zero-order valence-corrected chi connectivity index (χ0v) is 17.5. The first-order valence-electron chi connectivity index (χ1n) is 10.1. The van der Waals surface area contributed by atoms with Crippen LogP contribution in [0.1, 0.15) is 42.5 Å². The highest BCUT2D eigenvalue weighted by atomic mass is 35.5. The maximum atomic E-state index is 12.7. The first-order chi connectivity index (χ1) is 14.0. The predicted molar refractivity (Wildman–Crippen MR) is 111 cm³/mol. The van der Waals surface area contributed by atoms with Crippen LogP contribution in [-0.2, 0) is 9.53 Å². The first-order valence-corrected chi connectivity index (χ1v) is 10.4. The van der Waals surface area contributed by atoms with Crippen LogP contribution in [0.25, 0.3) is 0 Å². The largest absolute Gasteiger partial charge is 0.378 e. The van der Waals surface area contributed by atoms with E-state index < -0.39 is 5.54 Å². The lowest BCUT2D eigenvalue weighted by Crippen LogP contribution is -2.51. The van der Waals surface area contributed by atoms with Crippen molar-refractivity contribution in [2.24, 2.45) is 0 Å². The van der Waals surface area contributed by atoms with Crippen LogP contribution in [0, 0.1) is 11.3 Å². The minimum atomic E-state index is -0.705. The Morgan fingerprint density at radius 3 is 2.59 bits per heavy atom. The molecule has 0 radical (unpaired) electrons. The highest BCUT2D eigenvalue weighted by Gasteiger charge is 2.38. The summed E-state index contributed by atoms with van der Waals surface area (Å²) in [4.78, 5) is 28.6. The zero-order chi connectivity index (χ0) is 20.9. The summed E-state index contributed by atoms with van der Waals surface area (Å²) in [6, 6.07) is 7.44. The van der Waals surface area contributed by atoms with Crippen molar-refractivity contribution in [2.75, 3.05) is 45.2 Å². The van der Waals surface area contributed by atoms with Crippen molar-refractivity contribution >= 4 is 29.1 Å². The second kappa shape index (κ2) is 9.47. The Morgan fingerprint density at radius 1 is 1.28 bits per heavy atom. The molecule has 0 spiro atoms. The van der Waals surface area contributed by atoms with Crippen molar-refractivity contribution in [1.82, 2.24) is 9.80 Å². The Balaban J connectivity index is 1.60. The van der Waals surface area contributed by atoms with E-state index in [1.165, 1.54) is 0 Å². The van der Waals surface area contributed by atoms with Gasteiger partial charge in [0.25, 0.3) is 5.91 Å². The molecule has 1 heterocycles. The summed E-state index contributed by atoms with van der Waals surface area (Å²) < 4.78 is 5.27. The first kappa shape index (κ1) is 21.4. The fourth-order valence-corrected chi connectivity index (χ4v) is 4.19. The number of nitrogens with one attached hydrogen (secondary N) is 1. The van der Waals surface area contributed by atoms with E-state index in [1.807, 2.05) is 0 Å². The fraction of sp³-hybridized carbons (Fsp3) is 0.571.